The lowest BCUT2D eigenvalue weighted by Gasteiger charge is -2.08. The van der Waals surface area contributed by atoms with Crippen LogP contribution in [0.4, 0.5) is 10.5 Å². The number of esters is 1. The van der Waals surface area contributed by atoms with Crippen molar-refractivity contribution in [1.82, 2.24) is 5.32 Å². The minimum absolute atomic E-state index is 0.259. The summed E-state index contributed by atoms with van der Waals surface area (Å²) in [6.45, 7) is 1.87. The molecule has 7 nitrogen and oxygen atoms in total. The fourth-order valence-electron chi connectivity index (χ4n) is 2.04. The van der Waals surface area contributed by atoms with Crippen LogP contribution < -0.4 is 10.6 Å². The molecule has 2 amide bonds. The van der Waals surface area contributed by atoms with Crippen LogP contribution in [0.1, 0.15) is 22.8 Å². The Balaban J connectivity index is 1.76. The molecule has 2 N–H and O–H groups in total. The van der Waals surface area contributed by atoms with Crippen LogP contribution in [-0.4, -0.2) is 31.2 Å². The Hall–Kier alpha value is -3.06. The van der Waals surface area contributed by atoms with Gasteiger partial charge in [0.2, 0.25) is 0 Å². The second kappa shape index (κ2) is 10.2. The van der Waals surface area contributed by atoms with E-state index in [1.807, 2.05) is 0 Å². The van der Waals surface area contributed by atoms with Crippen LogP contribution in [0.15, 0.2) is 48.5 Å². The van der Waals surface area contributed by atoms with Crippen LogP contribution in [-0.2, 0) is 20.8 Å². The van der Waals surface area contributed by atoms with Gasteiger partial charge in [-0.1, -0.05) is 23.7 Å². The average molecular weight is 391 g/mol. The molecule has 0 unspecified atom stereocenters. The predicted octanol–water partition coefficient (Wildman–Crippen LogP) is 3.38. The molecule has 0 fully saturated rings. The van der Waals surface area contributed by atoms with Gasteiger partial charge in [-0.2, -0.15) is 0 Å². The summed E-state index contributed by atoms with van der Waals surface area (Å²) < 4.78 is 9.73. The number of nitrogens with one attached hydrogen (secondary N) is 2. The first-order valence-corrected chi connectivity index (χ1v) is 8.58. The van der Waals surface area contributed by atoms with Gasteiger partial charge in [-0.25, -0.2) is 9.59 Å². The molecule has 27 heavy (non-hydrogen) atoms. The van der Waals surface area contributed by atoms with Gasteiger partial charge in [0.05, 0.1) is 12.2 Å². The van der Waals surface area contributed by atoms with Crippen molar-refractivity contribution in [2.75, 3.05) is 18.5 Å². The number of rotatable bonds is 7. The first-order chi connectivity index (χ1) is 13.0. The molecule has 0 saturated carbocycles. The average Bonchev–Trinajstić information content (AvgIpc) is 2.66. The van der Waals surface area contributed by atoms with Gasteiger partial charge in [0.1, 0.15) is 0 Å². The maximum Gasteiger partial charge on any atom is 0.411 e. The van der Waals surface area contributed by atoms with Crippen molar-refractivity contribution in [3.8, 4) is 0 Å². The standard InChI is InChI=1S/C19H19ClN2O5/c1-2-26-19(25)22-16-9-5-14(6-10-16)18(24)27-12-17(23)21-11-13-3-7-15(20)8-4-13/h3-10H,2,11-12H2,1H3,(H,21,23)(H,22,25). The number of ether oxygens (including phenoxy) is 2. The third-order valence-electron chi connectivity index (χ3n) is 3.38. The molecule has 0 heterocycles. The van der Waals surface area contributed by atoms with E-state index < -0.39 is 24.6 Å². The number of carbonyl (C=O) groups is 3. The topological polar surface area (TPSA) is 93.7 Å². The summed E-state index contributed by atoms with van der Waals surface area (Å²) in [5.41, 5.74) is 1.62. The highest BCUT2D eigenvalue weighted by atomic mass is 35.5. The summed E-state index contributed by atoms with van der Waals surface area (Å²) >= 11 is 5.79. The molecule has 0 aliphatic rings. The molecular weight excluding hydrogens is 372 g/mol. The van der Waals surface area contributed by atoms with Gasteiger partial charge in [-0.3, -0.25) is 10.1 Å². The SMILES string of the molecule is CCOC(=O)Nc1ccc(C(=O)OCC(=O)NCc2ccc(Cl)cc2)cc1. The summed E-state index contributed by atoms with van der Waals surface area (Å²) in [4.78, 5) is 35.1. The Kier molecular flexibility index (Phi) is 7.63. The third-order valence-corrected chi connectivity index (χ3v) is 3.63. The van der Waals surface area contributed by atoms with Crippen molar-refractivity contribution >= 4 is 35.3 Å². The Labute approximate surface area is 161 Å². The molecule has 8 heteroatoms. The molecule has 0 aliphatic heterocycles. The van der Waals surface area contributed by atoms with Gasteiger partial charge in [0.15, 0.2) is 6.61 Å². The molecule has 0 aromatic heterocycles. The van der Waals surface area contributed by atoms with Crippen molar-refractivity contribution in [1.29, 1.82) is 0 Å². The fraction of sp³-hybridized carbons (Fsp3) is 0.211. The maximum absolute atomic E-state index is 12.0. The Morgan fingerprint density at radius 3 is 2.26 bits per heavy atom. The van der Waals surface area contributed by atoms with E-state index >= 15 is 0 Å². The second-order valence-electron chi connectivity index (χ2n) is 5.40. The zero-order chi connectivity index (χ0) is 19.6. The molecule has 0 radical (unpaired) electrons. The third kappa shape index (κ3) is 6.99. The normalized spacial score (nSPS) is 10.0. The minimum atomic E-state index is -0.640. The number of carbonyl (C=O) groups excluding carboxylic acids is 3. The first-order valence-electron chi connectivity index (χ1n) is 8.20. The number of halogens is 1. The Morgan fingerprint density at radius 2 is 1.63 bits per heavy atom. The second-order valence-corrected chi connectivity index (χ2v) is 5.84. The van der Waals surface area contributed by atoms with Gasteiger partial charge in [-0.05, 0) is 48.9 Å². The van der Waals surface area contributed by atoms with E-state index in [4.69, 9.17) is 21.1 Å². The quantitative estimate of drug-likeness (QED) is 0.707. The van der Waals surface area contributed by atoms with E-state index in [0.717, 1.165) is 5.56 Å². The smallest absolute Gasteiger partial charge is 0.411 e. The summed E-state index contributed by atoms with van der Waals surface area (Å²) in [6.07, 6.45) is -0.579. The zero-order valence-electron chi connectivity index (χ0n) is 14.7. The van der Waals surface area contributed by atoms with Gasteiger partial charge in [0, 0.05) is 17.3 Å². The van der Waals surface area contributed by atoms with Gasteiger partial charge < -0.3 is 14.8 Å². The largest absolute Gasteiger partial charge is 0.452 e. The summed E-state index contributed by atoms with van der Waals surface area (Å²) in [5, 5.41) is 5.77. The number of hydrogen-bond acceptors (Lipinski definition) is 5. The molecule has 0 spiro atoms. The highest BCUT2D eigenvalue weighted by Crippen LogP contribution is 2.11. The molecule has 0 atom stereocenters. The minimum Gasteiger partial charge on any atom is -0.452 e. The predicted molar refractivity (Wildman–Crippen MR) is 101 cm³/mol. The first kappa shape index (κ1) is 20.3. The van der Waals surface area contributed by atoms with E-state index in [1.54, 1.807) is 31.2 Å². The van der Waals surface area contributed by atoms with Crippen molar-refractivity contribution < 1.29 is 23.9 Å². The summed E-state index contributed by atoms with van der Waals surface area (Å²) in [6, 6.07) is 13.1. The van der Waals surface area contributed by atoms with Gasteiger partial charge in [-0.15, -0.1) is 0 Å². The molecule has 0 saturated heterocycles. The van der Waals surface area contributed by atoms with E-state index in [1.165, 1.54) is 24.3 Å². The number of anilines is 1. The van der Waals surface area contributed by atoms with Crippen LogP contribution in [0.3, 0.4) is 0 Å². The monoisotopic (exact) mass is 390 g/mol. The highest BCUT2D eigenvalue weighted by Gasteiger charge is 2.11. The molecule has 0 aliphatic carbocycles. The number of hydrogen-bond donors (Lipinski definition) is 2. The molecule has 2 aromatic rings. The zero-order valence-corrected chi connectivity index (χ0v) is 15.4. The lowest BCUT2D eigenvalue weighted by molar-refractivity contribution is -0.124. The van der Waals surface area contributed by atoms with Crippen molar-refractivity contribution in [3.05, 3.63) is 64.7 Å². The van der Waals surface area contributed by atoms with Crippen LogP contribution in [0.5, 0.6) is 0 Å². The van der Waals surface area contributed by atoms with Crippen LogP contribution in [0.25, 0.3) is 0 Å². The Bertz CT molecular complexity index is 791. The van der Waals surface area contributed by atoms with E-state index in [0.29, 0.717) is 17.3 Å². The van der Waals surface area contributed by atoms with Crippen LogP contribution in [0, 0.1) is 0 Å². The van der Waals surface area contributed by atoms with Crippen molar-refractivity contribution in [2.45, 2.75) is 13.5 Å². The van der Waals surface area contributed by atoms with Gasteiger partial charge in [0.25, 0.3) is 5.91 Å². The Morgan fingerprint density at radius 1 is 0.963 bits per heavy atom. The van der Waals surface area contributed by atoms with Crippen molar-refractivity contribution in [2.24, 2.45) is 0 Å². The lowest BCUT2D eigenvalue weighted by Crippen LogP contribution is -2.28. The van der Waals surface area contributed by atoms with Crippen LogP contribution in [0.2, 0.25) is 5.02 Å². The molecule has 2 aromatic carbocycles. The van der Waals surface area contributed by atoms with Crippen molar-refractivity contribution in [3.63, 3.8) is 0 Å². The fourth-order valence-corrected chi connectivity index (χ4v) is 2.17. The summed E-state index contributed by atoms with van der Waals surface area (Å²) in [7, 11) is 0. The molecular formula is C19H19ClN2O5. The highest BCUT2D eigenvalue weighted by molar-refractivity contribution is 6.30. The molecule has 2 rings (SSSR count). The molecule has 142 valence electrons. The number of benzene rings is 2. The maximum atomic E-state index is 12.0. The number of amides is 2. The molecule has 0 bridgehead atoms. The van der Waals surface area contributed by atoms with E-state index in [2.05, 4.69) is 10.6 Å². The van der Waals surface area contributed by atoms with Crippen LogP contribution >= 0.6 is 11.6 Å². The summed E-state index contributed by atoms with van der Waals surface area (Å²) in [5.74, 6) is -1.06. The van der Waals surface area contributed by atoms with E-state index in [9.17, 15) is 14.4 Å². The van der Waals surface area contributed by atoms with Gasteiger partial charge >= 0.3 is 12.1 Å². The lowest BCUT2D eigenvalue weighted by atomic mass is 10.2. The van der Waals surface area contributed by atoms with E-state index in [-0.39, 0.29) is 12.2 Å².